The number of aryl methyl sites for hydroxylation is 1. The molecule has 4 aromatic rings. The molecule has 0 bridgehead atoms. The molecule has 2 aromatic heterocycles. The molecule has 3 amide bonds. The van der Waals surface area contributed by atoms with Crippen LogP contribution < -0.4 is 21.5 Å². The van der Waals surface area contributed by atoms with Gasteiger partial charge in [-0.2, -0.15) is 0 Å². The molecule has 0 spiro atoms. The van der Waals surface area contributed by atoms with Crippen molar-refractivity contribution in [1.82, 2.24) is 14.9 Å². The Kier molecular flexibility index (Phi) is 10.5. The summed E-state index contributed by atoms with van der Waals surface area (Å²) in [5, 5.41) is 18.6. The molecule has 0 aliphatic rings. The fraction of sp³-hybridized carbons (Fsp3) is 0.314. The van der Waals surface area contributed by atoms with Crippen LogP contribution in [-0.2, 0) is 11.3 Å². The summed E-state index contributed by atoms with van der Waals surface area (Å²) in [6.07, 6.45) is 2.11. The highest BCUT2D eigenvalue weighted by molar-refractivity contribution is 6.07. The van der Waals surface area contributed by atoms with E-state index < -0.39 is 11.6 Å². The Morgan fingerprint density at radius 2 is 1.64 bits per heavy atom. The fourth-order valence-corrected chi connectivity index (χ4v) is 5.25. The number of nitrogens with zero attached hydrogens (tertiary/aromatic N) is 2. The van der Waals surface area contributed by atoms with Gasteiger partial charge in [-0.05, 0) is 59.2 Å². The Morgan fingerprint density at radius 3 is 2.30 bits per heavy atom. The lowest BCUT2D eigenvalue weighted by molar-refractivity contribution is -0.118. The van der Waals surface area contributed by atoms with Gasteiger partial charge in [-0.3, -0.25) is 14.2 Å². The third-order valence-corrected chi connectivity index (χ3v) is 7.27. The Bertz CT molecular complexity index is 1770. The van der Waals surface area contributed by atoms with Crippen molar-refractivity contribution in [3.8, 4) is 23.0 Å². The highest BCUT2D eigenvalue weighted by Crippen LogP contribution is 2.35. The van der Waals surface area contributed by atoms with Gasteiger partial charge in [0.05, 0.1) is 0 Å². The van der Waals surface area contributed by atoms with Crippen LogP contribution in [-0.4, -0.2) is 39.7 Å². The average molecular weight is 594 g/mol. The first-order valence-corrected chi connectivity index (χ1v) is 14.8. The standard InChI is InChI=1S/C35H39N5O4/c1-22(2)27-14-7-15-28(23(3)4)31(27)38-35(44)39-32-30(26-13-6-11-25(21-26)12-9-20-41)29-16-8-17-37-33(29)40(34(32)43)19-10-18-36-24(5)42/h6-8,11,13-17,21-23,41H,10,18-20H2,1-5H3,(H,36,42)(H2,38,39,44). The summed E-state index contributed by atoms with van der Waals surface area (Å²) < 4.78 is 1.54. The Morgan fingerprint density at radius 1 is 0.955 bits per heavy atom. The van der Waals surface area contributed by atoms with Crippen LogP contribution >= 0.6 is 0 Å². The number of hydrogen-bond donors (Lipinski definition) is 4. The van der Waals surface area contributed by atoms with Crippen LogP contribution in [0.4, 0.5) is 16.2 Å². The molecular formula is C35H39N5O4. The molecule has 0 radical (unpaired) electrons. The lowest BCUT2D eigenvalue weighted by Gasteiger charge is -2.22. The van der Waals surface area contributed by atoms with Gasteiger partial charge in [0.25, 0.3) is 5.56 Å². The maximum absolute atomic E-state index is 14.2. The van der Waals surface area contributed by atoms with Crippen molar-refractivity contribution in [2.24, 2.45) is 0 Å². The summed E-state index contributed by atoms with van der Waals surface area (Å²) in [4.78, 5) is 44.0. The number of carbonyl (C=O) groups is 2. The predicted octanol–water partition coefficient (Wildman–Crippen LogP) is 5.82. The number of pyridine rings is 2. The highest BCUT2D eigenvalue weighted by atomic mass is 16.2. The third-order valence-electron chi connectivity index (χ3n) is 7.27. The minimum Gasteiger partial charge on any atom is -0.384 e. The monoisotopic (exact) mass is 593 g/mol. The van der Waals surface area contributed by atoms with Crippen LogP contribution in [0, 0.1) is 11.8 Å². The van der Waals surface area contributed by atoms with Gasteiger partial charge in [-0.15, -0.1) is 0 Å². The Hall–Kier alpha value is -4.94. The van der Waals surface area contributed by atoms with Gasteiger partial charge in [0, 0.05) is 48.4 Å². The minimum atomic E-state index is -0.539. The maximum Gasteiger partial charge on any atom is 0.323 e. The lowest BCUT2D eigenvalue weighted by Crippen LogP contribution is -2.31. The number of aliphatic hydroxyl groups is 1. The number of aliphatic hydroxyl groups excluding tert-OH is 1. The second-order valence-electron chi connectivity index (χ2n) is 11.2. The first kappa shape index (κ1) is 32.0. The maximum atomic E-state index is 14.2. The molecule has 9 nitrogen and oxygen atoms in total. The van der Waals surface area contributed by atoms with Crippen molar-refractivity contribution >= 4 is 34.3 Å². The summed E-state index contributed by atoms with van der Waals surface area (Å²) >= 11 is 0. The van der Waals surface area contributed by atoms with Gasteiger partial charge in [-0.25, -0.2) is 9.78 Å². The average Bonchev–Trinajstić information content (AvgIpc) is 2.99. The molecule has 44 heavy (non-hydrogen) atoms. The van der Waals surface area contributed by atoms with Gasteiger partial charge in [0.2, 0.25) is 5.91 Å². The Balaban J connectivity index is 1.88. The number of aromatic nitrogens is 2. The second kappa shape index (κ2) is 14.5. The molecule has 0 aliphatic carbocycles. The zero-order chi connectivity index (χ0) is 31.8. The molecule has 0 unspecified atom stereocenters. The number of fused-ring (bicyclic) bond motifs is 1. The van der Waals surface area contributed by atoms with Crippen molar-refractivity contribution < 1.29 is 14.7 Å². The number of rotatable bonds is 9. The van der Waals surface area contributed by atoms with Crippen LogP contribution in [0.25, 0.3) is 22.2 Å². The summed E-state index contributed by atoms with van der Waals surface area (Å²) in [7, 11) is 0. The second-order valence-corrected chi connectivity index (χ2v) is 11.2. The minimum absolute atomic E-state index is 0.0999. The summed E-state index contributed by atoms with van der Waals surface area (Å²) in [5.74, 6) is 5.75. The number of anilines is 2. The van der Waals surface area contributed by atoms with E-state index in [0.717, 1.165) is 16.8 Å². The van der Waals surface area contributed by atoms with Crippen LogP contribution in [0.2, 0.25) is 0 Å². The van der Waals surface area contributed by atoms with E-state index in [-0.39, 0.29) is 36.6 Å². The molecular weight excluding hydrogens is 554 g/mol. The molecule has 0 saturated carbocycles. The third kappa shape index (κ3) is 7.33. The molecule has 0 aliphatic heterocycles. The number of nitrogens with one attached hydrogen (secondary N) is 3. The zero-order valence-electron chi connectivity index (χ0n) is 25.8. The van der Waals surface area contributed by atoms with Crippen LogP contribution in [0.15, 0.2) is 65.6 Å². The van der Waals surface area contributed by atoms with E-state index in [9.17, 15) is 19.5 Å². The van der Waals surface area contributed by atoms with E-state index in [0.29, 0.717) is 40.7 Å². The quantitative estimate of drug-likeness (QED) is 0.144. The van der Waals surface area contributed by atoms with Gasteiger partial charge in [0.15, 0.2) is 0 Å². The van der Waals surface area contributed by atoms with Gasteiger partial charge < -0.3 is 21.1 Å². The van der Waals surface area contributed by atoms with Crippen molar-refractivity contribution in [3.05, 3.63) is 87.8 Å². The lowest BCUT2D eigenvalue weighted by atomic mass is 9.93. The number of benzene rings is 2. The zero-order valence-corrected chi connectivity index (χ0v) is 25.8. The molecule has 0 atom stereocenters. The summed E-state index contributed by atoms with van der Waals surface area (Å²) in [5.41, 5.74) is 4.70. The van der Waals surface area contributed by atoms with Gasteiger partial charge in [-0.1, -0.05) is 69.9 Å². The van der Waals surface area contributed by atoms with E-state index in [4.69, 9.17) is 0 Å². The summed E-state index contributed by atoms with van der Waals surface area (Å²) in [6.45, 7) is 10.1. The topological polar surface area (TPSA) is 125 Å². The normalized spacial score (nSPS) is 10.9. The van der Waals surface area contributed by atoms with Gasteiger partial charge in [0.1, 0.15) is 17.9 Å². The van der Waals surface area contributed by atoms with Crippen LogP contribution in [0.5, 0.6) is 0 Å². The highest BCUT2D eigenvalue weighted by Gasteiger charge is 2.22. The molecule has 0 saturated heterocycles. The molecule has 2 aromatic carbocycles. The molecule has 228 valence electrons. The van der Waals surface area contributed by atoms with E-state index >= 15 is 0 Å². The number of urea groups is 1. The van der Waals surface area contributed by atoms with Gasteiger partial charge >= 0.3 is 6.03 Å². The summed E-state index contributed by atoms with van der Waals surface area (Å²) in [6, 6.07) is 16.4. The first-order chi connectivity index (χ1) is 21.1. The molecule has 0 fully saturated rings. The number of para-hydroxylation sites is 1. The van der Waals surface area contributed by atoms with Crippen molar-refractivity contribution in [1.29, 1.82) is 0 Å². The first-order valence-electron chi connectivity index (χ1n) is 14.8. The van der Waals surface area contributed by atoms with E-state index in [1.165, 1.54) is 11.5 Å². The number of hydrogen-bond acceptors (Lipinski definition) is 5. The molecule has 9 heteroatoms. The largest absolute Gasteiger partial charge is 0.384 e. The van der Waals surface area contributed by atoms with Crippen molar-refractivity contribution in [2.75, 3.05) is 23.8 Å². The van der Waals surface area contributed by atoms with E-state index in [1.54, 1.807) is 12.3 Å². The van der Waals surface area contributed by atoms with Crippen LogP contribution in [0.1, 0.15) is 69.6 Å². The molecule has 4 rings (SSSR count). The van der Waals surface area contributed by atoms with Crippen molar-refractivity contribution in [2.45, 2.75) is 59.4 Å². The van der Waals surface area contributed by atoms with E-state index in [2.05, 4.69) is 60.5 Å². The number of carbonyl (C=O) groups excluding carboxylic acids is 2. The smallest absolute Gasteiger partial charge is 0.323 e. The fourth-order valence-electron chi connectivity index (χ4n) is 5.25. The van der Waals surface area contributed by atoms with E-state index in [1.807, 2.05) is 48.5 Å². The Labute approximate surface area is 257 Å². The number of amides is 3. The molecule has 4 N–H and O–H groups in total. The SMILES string of the molecule is CC(=O)NCCCn1c(=O)c(NC(=O)Nc2c(C(C)C)cccc2C(C)C)c(-c2cccc(C#CCO)c2)c2cccnc21. The predicted molar refractivity (Wildman–Crippen MR) is 176 cm³/mol. The molecule has 2 heterocycles. The van der Waals surface area contributed by atoms with Crippen molar-refractivity contribution in [3.63, 3.8) is 0 Å². The van der Waals surface area contributed by atoms with Crippen LogP contribution in [0.3, 0.4) is 0 Å².